The minimum atomic E-state index is -0.616. The molecule has 0 spiro atoms. The molecule has 5 heteroatoms. The summed E-state index contributed by atoms with van der Waals surface area (Å²) in [6.45, 7) is 1.98. The molecule has 0 bridgehead atoms. The number of hydrogen-bond acceptors (Lipinski definition) is 5. The smallest absolute Gasteiger partial charge is 0.333 e. The molecule has 0 saturated heterocycles. The zero-order chi connectivity index (χ0) is 15.2. The summed E-state index contributed by atoms with van der Waals surface area (Å²) in [6, 6.07) is 10.6. The van der Waals surface area contributed by atoms with Crippen LogP contribution in [0.5, 0.6) is 5.88 Å². The number of benzene rings is 1. The van der Waals surface area contributed by atoms with E-state index in [1.165, 1.54) is 7.11 Å². The molecule has 1 aromatic heterocycles. The van der Waals surface area contributed by atoms with Crippen molar-refractivity contribution in [2.75, 3.05) is 19.5 Å². The average Bonchev–Trinajstić information content (AvgIpc) is 2.53. The second kappa shape index (κ2) is 6.74. The van der Waals surface area contributed by atoms with E-state index in [-0.39, 0.29) is 5.97 Å². The summed E-state index contributed by atoms with van der Waals surface area (Å²) in [5, 5.41) is 3.20. The maximum atomic E-state index is 12.0. The van der Waals surface area contributed by atoms with Crippen molar-refractivity contribution in [2.45, 2.75) is 13.0 Å². The Morgan fingerprint density at radius 1 is 1.19 bits per heavy atom. The molecule has 0 fully saturated rings. The first-order valence-corrected chi connectivity index (χ1v) is 6.55. The number of carbonyl (C=O) groups excluding carboxylic acids is 1. The Labute approximate surface area is 123 Å². The molecule has 1 atom stereocenters. The van der Waals surface area contributed by atoms with Crippen molar-refractivity contribution in [3.63, 3.8) is 0 Å². The molecule has 1 unspecified atom stereocenters. The number of methoxy groups -OCH3 is 2. The van der Waals surface area contributed by atoms with Crippen LogP contribution in [0, 0.1) is 6.92 Å². The monoisotopic (exact) mass is 286 g/mol. The van der Waals surface area contributed by atoms with E-state index < -0.39 is 6.04 Å². The molecular weight excluding hydrogens is 268 g/mol. The van der Waals surface area contributed by atoms with Crippen LogP contribution < -0.4 is 10.1 Å². The quantitative estimate of drug-likeness (QED) is 0.856. The van der Waals surface area contributed by atoms with Gasteiger partial charge in [0.25, 0.3) is 0 Å². The maximum Gasteiger partial charge on any atom is 0.333 e. The highest BCUT2D eigenvalue weighted by Crippen LogP contribution is 2.23. The molecule has 0 saturated carbocycles. The predicted octanol–water partition coefficient (Wildman–Crippen LogP) is 2.72. The Morgan fingerprint density at radius 3 is 2.52 bits per heavy atom. The van der Waals surface area contributed by atoms with E-state index in [1.54, 1.807) is 25.4 Å². The maximum absolute atomic E-state index is 12.0. The summed E-state index contributed by atoms with van der Waals surface area (Å²) >= 11 is 0. The van der Waals surface area contributed by atoms with E-state index in [2.05, 4.69) is 10.3 Å². The van der Waals surface area contributed by atoms with Crippen LogP contribution in [0.15, 0.2) is 42.6 Å². The van der Waals surface area contributed by atoms with Crippen molar-refractivity contribution in [1.82, 2.24) is 4.98 Å². The van der Waals surface area contributed by atoms with Gasteiger partial charge in [0.2, 0.25) is 5.88 Å². The number of aromatic nitrogens is 1. The van der Waals surface area contributed by atoms with Gasteiger partial charge in [0, 0.05) is 23.5 Å². The van der Waals surface area contributed by atoms with Gasteiger partial charge in [-0.3, -0.25) is 0 Å². The summed E-state index contributed by atoms with van der Waals surface area (Å²) < 4.78 is 9.90. The first kappa shape index (κ1) is 14.8. The van der Waals surface area contributed by atoms with Gasteiger partial charge < -0.3 is 14.8 Å². The lowest BCUT2D eigenvalue weighted by Gasteiger charge is -2.19. The third-order valence-electron chi connectivity index (χ3n) is 3.18. The number of rotatable bonds is 5. The Balaban J connectivity index is 2.30. The van der Waals surface area contributed by atoms with Gasteiger partial charge in [-0.15, -0.1) is 0 Å². The minimum Gasteiger partial charge on any atom is -0.481 e. The van der Waals surface area contributed by atoms with Gasteiger partial charge in [-0.05, 0) is 24.6 Å². The highest BCUT2D eigenvalue weighted by molar-refractivity contribution is 5.81. The fourth-order valence-corrected chi connectivity index (χ4v) is 1.97. The van der Waals surface area contributed by atoms with Gasteiger partial charge >= 0.3 is 5.97 Å². The predicted molar refractivity (Wildman–Crippen MR) is 80.3 cm³/mol. The number of pyridine rings is 1. The molecule has 1 N–H and O–H groups in total. The molecule has 0 aliphatic rings. The zero-order valence-corrected chi connectivity index (χ0v) is 12.3. The molecule has 2 rings (SSSR count). The van der Waals surface area contributed by atoms with E-state index >= 15 is 0 Å². The lowest BCUT2D eigenvalue weighted by molar-refractivity contribution is -0.141. The fraction of sp³-hybridized carbons (Fsp3) is 0.250. The van der Waals surface area contributed by atoms with E-state index in [0.29, 0.717) is 11.4 Å². The summed E-state index contributed by atoms with van der Waals surface area (Å²) in [4.78, 5) is 16.2. The number of nitrogens with zero attached hydrogens (tertiary/aromatic N) is 1. The number of esters is 1. The third-order valence-corrected chi connectivity index (χ3v) is 3.18. The SMILES string of the molecule is COC(=O)C(Nc1ccccc1C)c1ccc(OC)nc1. The zero-order valence-electron chi connectivity index (χ0n) is 12.3. The van der Waals surface area contributed by atoms with Gasteiger partial charge in [-0.2, -0.15) is 0 Å². The molecule has 0 radical (unpaired) electrons. The number of hydrogen-bond donors (Lipinski definition) is 1. The number of nitrogens with one attached hydrogen (secondary N) is 1. The second-order valence-electron chi connectivity index (χ2n) is 4.55. The Kier molecular flexibility index (Phi) is 4.77. The van der Waals surface area contributed by atoms with Crippen molar-refractivity contribution in [3.05, 3.63) is 53.7 Å². The van der Waals surface area contributed by atoms with Crippen LogP contribution in [0.2, 0.25) is 0 Å². The standard InChI is InChI=1S/C16H18N2O3/c1-11-6-4-5-7-13(11)18-15(16(19)21-3)12-8-9-14(20-2)17-10-12/h4-10,15,18H,1-3H3. The molecule has 2 aromatic rings. The summed E-state index contributed by atoms with van der Waals surface area (Å²) in [7, 11) is 2.91. The van der Waals surface area contributed by atoms with E-state index in [0.717, 1.165) is 11.3 Å². The normalized spacial score (nSPS) is 11.6. The number of para-hydroxylation sites is 1. The summed E-state index contributed by atoms with van der Waals surface area (Å²) in [6.07, 6.45) is 1.60. The van der Waals surface area contributed by atoms with E-state index in [4.69, 9.17) is 9.47 Å². The molecule has 1 aromatic carbocycles. The average molecular weight is 286 g/mol. The molecule has 110 valence electrons. The Hall–Kier alpha value is -2.56. The summed E-state index contributed by atoms with van der Waals surface area (Å²) in [5.41, 5.74) is 2.64. The number of ether oxygens (including phenoxy) is 2. The first-order chi connectivity index (χ1) is 10.2. The summed E-state index contributed by atoms with van der Waals surface area (Å²) in [5.74, 6) is 0.128. The van der Waals surface area contributed by atoms with E-state index in [9.17, 15) is 4.79 Å². The van der Waals surface area contributed by atoms with Crippen LogP contribution in [-0.4, -0.2) is 25.2 Å². The largest absolute Gasteiger partial charge is 0.481 e. The molecule has 21 heavy (non-hydrogen) atoms. The van der Waals surface area contributed by atoms with E-state index in [1.807, 2.05) is 31.2 Å². The molecule has 0 aliphatic heterocycles. The van der Waals surface area contributed by atoms with Crippen LogP contribution in [0.3, 0.4) is 0 Å². The molecule has 0 aliphatic carbocycles. The van der Waals surface area contributed by atoms with Gasteiger partial charge in [0.1, 0.15) is 0 Å². The lowest BCUT2D eigenvalue weighted by Crippen LogP contribution is -2.22. The van der Waals surface area contributed by atoms with Crippen LogP contribution >= 0.6 is 0 Å². The minimum absolute atomic E-state index is 0.370. The van der Waals surface area contributed by atoms with Crippen LogP contribution in [0.4, 0.5) is 5.69 Å². The third kappa shape index (κ3) is 3.51. The fourth-order valence-electron chi connectivity index (χ4n) is 1.97. The first-order valence-electron chi connectivity index (χ1n) is 6.55. The van der Waals surface area contributed by atoms with Crippen molar-refractivity contribution in [2.24, 2.45) is 0 Å². The van der Waals surface area contributed by atoms with Crippen LogP contribution in [0.25, 0.3) is 0 Å². The van der Waals surface area contributed by atoms with Gasteiger partial charge in [-0.25, -0.2) is 9.78 Å². The second-order valence-corrected chi connectivity index (χ2v) is 4.55. The topological polar surface area (TPSA) is 60.5 Å². The Bertz CT molecular complexity index is 611. The lowest BCUT2D eigenvalue weighted by atomic mass is 10.1. The Morgan fingerprint density at radius 2 is 1.95 bits per heavy atom. The number of carbonyl (C=O) groups is 1. The van der Waals surface area contributed by atoms with Gasteiger partial charge in [0.05, 0.1) is 14.2 Å². The molecule has 1 heterocycles. The highest BCUT2D eigenvalue weighted by Gasteiger charge is 2.22. The molecular formula is C16H18N2O3. The molecule has 5 nitrogen and oxygen atoms in total. The number of aryl methyl sites for hydroxylation is 1. The van der Waals surface area contributed by atoms with Crippen LogP contribution in [0.1, 0.15) is 17.2 Å². The molecule has 0 amide bonds. The highest BCUT2D eigenvalue weighted by atomic mass is 16.5. The number of anilines is 1. The van der Waals surface area contributed by atoms with Crippen molar-refractivity contribution in [1.29, 1.82) is 0 Å². The van der Waals surface area contributed by atoms with Crippen LogP contribution in [-0.2, 0) is 9.53 Å². The van der Waals surface area contributed by atoms with Crippen molar-refractivity contribution >= 4 is 11.7 Å². The van der Waals surface area contributed by atoms with Crippen molar-refractivity contribution < 1.29 is 14.3 Å². The van der Waals surface area contributed by atoms with Crippen molar-refractivity contribution in [3.8, 4) is 5.88 Å². The van der Waals surface area contributed by atoms with Gasteiger partial charge in [-0.1, -0.05) is 18.2 Å². The van der Waals surface area contributed by atoms with Gasteiger partial charge in [0.15, 0.2) is 6.04 Å².